The molecule has 3 nitrogen and oxygen atoms in total. The van der Waals surface area contributed by atoms with Crippen LogP contribution >= 0.6 is 46.4 Å². The van der Waals surface area contributed by atoms with E-state index < -0.39 is 0 Å². The van der Waals surface area contributed by atoms with E-state index in [2.05, 4.69) is 0 Å². The van der Waals surface area contributed by atoms with Crippen molar-refractivity contribution in [2.75, 3.05) is 13.2 Å². The van der Waals surface area contributed by atoms with Crippen LogP contribution in [0.15, 0.2) is 47.0 Å². The van der Waals surface area contributed by atoms with E-state index in [0.717, 1.165) is 17.4 Å². The number of hydrogen-bond acceptors (Lipinski definition) is 3. The lowest BCUT2D eigenvalue weighted by Crippen LogP contribution is -2.03. The molecule has 0 bridgehead atoms. The second kappa shape index (κ2) is 10.7. The molecule has 138 valence electrons. The number of benzene rings is 2. The highest BCUT2D eigenvalue weighted by atomic mass is 35.5. The zero-order valence-corrected chi connectivity index (χ0v) is 16.7. The van der Waals surface area contributed by atoms with Crippen LogP contribution in [0.4, 0.5) is 0 Å². The molecule has 7 heteroatoms. The van der Waals surface area contributed by atoms with Gasteiger partial charge in [0.25, 0.3) is 0 Å². The Labute approximate surface area is 172 Å². The minimum Gasteiger partial charge on any atom is -0.490 e. The molecule has 2 aromatic rings. The first-order valence-electron chi connectivity index (χ1n) is 7.77. The average molecular weight is 434 g/mol. The van der Waals surface area contributed by atoms with Crippen LogP contribution in [0.1, 0.15) is 11.1 Å². The Hall–Kier alpha value is -1.39. The molecule has 0 aliphatic heterocycles. The zero-order valence-electron chi connectivity index (χ0n) is 13.7. The number of halogens is 4. The SMILES string of the molecule is O=CCc1ccc(CCOc2c(Cl)cc(OCC=C(Cl)Cl)cc2Cl)cc1. The number of ether oxygens (including phenoxy) is 2. The summed E-state index contributed by atoms with van der Waals surface area (Å²) in [7, 11) is 0. The van der Waals surface area contributed by atoms with E-state index in [4.69, 9.17) is 55.9 Å². The molecule has 0 saturated heterocycles. The molecule has 0 amide bonds. The van der Waals surface area contributed by atoms with Crippen LogP contribution in [0.5, 0.6) is 11.5 Å². The summed E-state index contributed by atoms with van der Waals surface area (Å²) in [5.74, 6) is 0.896. The van der Waals surface area contributed by atoms with Crippen LogP contribution in [-0.2, 0) is 17.6 Å². The fourth-order valence-electron chi connectivity index (χ4n) is 2.17. The third kappa shape index (κ3) is 6.73. The van der Waals surface area contributed by atoms with Crippen LogP contribution < -0.4 is 9.47 Å². The molecule has 0 heterocycles. The molecule has 0 spiro atoms. The predicted octanol–water partition coefficient (Wildman–Crippen LogP) is 6.05. The zero-order chi connectivity index (χ0) is 18.9. The Balaban J connectivity index is 1.92. The van der Waals surface area contributed by atoms with Gasteiger partial charge in [-0.25, -0.2) is 0 Å². The van der Waals surface area contributed by atoms with Crippen LogP contribution in [0.3, 0.4) is 0 Å². The molecule has 0 atom stereocenters. The molecular weight excluding hydrogens is 418 g/mol. The van der Waals surface area contributed by atoms with Gasteiger partial charge in [0.05, 0.1) is 16.7 Å². The number of aldehydes is 1. The maximum Gasteiger partial charge on any atom is 0.156 e. The van der Waals surface area contributed by atoms with Crippen LogP contribution in [0.2, 0.25) is 10.0 Å². The van der Waals surface area contributed by atoms with E-state index >= 15 is 0 Å². The molecule has 0 aromatic heterocycles. The summed E-state index contributed by atoms with van der Waals surface area (Å²) < 4.78 is 11.3. The van der Waals surface area contributed by atoms with E-state index in [1.807, 2.05) is 24.3 Å². The standard InChI is InChI=1S/C19H16Cl4O3/c20-16-11-15(25-10-7-18(22)23)12-17(21)19(16)26-9-6-14-3-1-13(2-4-14)5-8-24/h1-4,7-8,11-12H,5-6,9-10H2. The van der Waals surface area contributed by atoms with Gasteiger partial charge in [0.1, 0.15) is 23.1 Å². The van der Waals surface area contributed by atoms with Crippen molar-refractivity contribution in [3.8, 4) is 11.5 Å². The summed E-state index contributed by atoms with van der Waals surface area (Å²) in [6, 6.07) is 11.0. The van der Waals surface area contributed by atoms with E-state index in [1.54, 1.807) is 12.1 Å². The Morgan fingerprint density at radius 1 is 0.962 bits per heavy atom. The molecule has 2 rings (SSSR count). The fraction of sp³-hybridized carbons (Fsp3) is 0.211. The lowest BCUT2D eigenvalue weighted by Gasteiger charge is -2.12. The molecule has 0 aliphatic rings. The van der Waals surface area contributed by atoms with Crippen molar-refractivity contribution in [2.45, 2.75) is 12.8 Å². The van der Waals surface area contributed by atoms with Gasteiger partial charge in [0.2, 0.25) is 0 Å². The summed E-state index contributed by atoms with van der Waals surface area (Å²) in [5, 5.41) is 0.713. The normalized spacial score (nSPS) is 10.3. The average Bonchev–Trinajstić information content (AvgIpc) is 2.59. The van der Waals surface area contributed by atoms with Gasteiger partial charge in [-0.1, -0.05) is 70.7 Å². The molecule has 0 fully saturated rings. The largest absolute Gasteiger partial charge is 0.490 e. The molecule has 0 saturated carbocycles. The van der Waals surface area contributed by atoms with Crippen molar-refractivity contribution < 1.29 is 14.3 Å². The Kier molecular flexibility index (Phi) is 8.60. The first kappa shape index (κ1) is 20.9. The maximum atomic E-state index is 10.5. The highest BCUT2D eigenvalue weighted by Crippen LogP contribution is 2.37. The molecule has 0 radical (unpaired) electrons. The van der Waals surface area contributed by atoms with E-state index in [9.17, 15) is 4.79 Å². The minimum absolute atomic E-state index is 0.126. The Morgan fingerprint density at radius 3 is 2.15 bits per heavy atom. The van der Waals surface area contributed by atoms with Crippen molar-refractivity contribution in [1.82, 2.24) is 0 Å². The van der Waals surface area contributed by atoms with Gasteiger partial charge in [0, 0.05) is 25.0 Å². The first-order chi connectivity index (χ1) is 12.5. The van der Waals surface area contributed by atoms with Gasteiger partial charge in [-0.2, -0.15) is 0 Å². The van der Waals surface area contributed by atoms with Crippen molar-refractivity contribution in [2.24, 2.45) is 0 Å². The lowest BCUT2D eigenvalue weighted by atomic mass is 10.1. The molecule has 26 heavy (non-hydrogen) atoms. The van der Waals surface area contributed by atoms with Gasteiger partial charge in [-0.15, -0.1) is 0 Å². The molecular formula is C19H16Cl4O3. The van der Waals surface area contributed by atoms with Gasteiger partial charge >= 0.3 is 0 Å². The Bertz CT molecular complexity index is 746. The maximum absolute atomic E-state index is 10.5. The smallest absolute Gasteiger partial charge is 0.156 e. The van der Waals surface area contributed by atoms with Gasteiger partial charge in [-0.3, -0.25) is 0 Å². The number of hydrogen-bond donors (Lipinski definition) is 0. The summed E-state index contributed by atoms with van der Waals surface area (Å²) in [5.41, 5.74) is 2.08. The summed E-state index contributed by atoms with van der Waals surface area (Å²) in [6.45, 7) is 0.618. The van der Waals surface area contributed by atoms with Crippen LogP contribution in [-0.4, -0.2) is 19.5 Å². The van der Waals surface area contributed by atoms with Gasteiger partial charge in [0.15, 0.2) is 5.75 Å². The van der Waals surface area contributed by atoms with Crippen LogP contribution in [0, 0.1) is 0 Å². The predicted molar refractivity (Wildman–Crippen MR) is 107 cm³/mol. The summed E-state index contributed by atoms with van der Waals surface area (Å²) >= 11 is 23.5. The van der Waals surface area contributed by atoms with E-state index in [0.29, 0.717) is 41.0 Å². The quantitative estimate of drug-likeness (QED) is 0.451. The second-order valence-corrected chi connectivity index (χ2v) is 7.13. The molecule has 2 aromatic carbocycles. The topological polar surface area (TPSA) is 35.5 Å². The molecule has 0 aliphatic carbocycles. The van der Waals surface area contributed by atoms with E-state index in [-0.39, 0.29) is 11.1 Å². The number of carbonyl (C=O) groups excluding carboxylic acids is 1. The second-order valence-electron chi connectivity index (χ2n) is 5.31. The summed E-state index contributed by atoms with van der Waals surface area (Å²) in [6.07, 6.45) is 3.50. The highest BCUT2D eigenvalue weighted by molar-refractivity contribution is 6.55. The summed E-state index contributed by atoms with van der Waals surface area (Å²) in [4.78, 5) is 10.5. The fourth-order valence-corrected chi connectivity index (χ4v) is 2.87. The minimum atomic E-state index is 0.126. The van der Waals surface area contributed by atoms with Crippen LogP contribution in [0.25, 0.3) is 0 Å². The molecule has 0 N–H and O–H groups in total. The van der Waals surface area contributed by atoms with Gasteiger partial charge in [-0.05, 0) is 17.2 Å². The van der Waals surface area contributed by atoms with Crippen molar-refractivity contribution >= 4 is 52.7 Å². The Morgan fingerprint density at radius 2 is 1.58 bits per heavy atom. The number of carbonyl (C=O) groups is 1. The molecule has 0 unspecified atom stereocenters. The van der Waals surface area contributed by atoms with Crippen molar-refractivity contribution in [3.63, 3.8) is 0 Å². The highest BCUT2D eigenvalue weighted by Gasteiger charge is 2.11. The van der Waals surface area contributed by atoms with E-state index in [1.165, 1.54) is 6.08 Å². The monoisotopic (exact) mass is 432 g/mol. The van der Waals surface area contributed by atoms with Crippen molar-refractivity contribution in [1.29, 1.82) is 0 Å². The third-order valence-corrected chi connectivity index (χ3v) is 4.31. The first-order valence-corrected chi connectivity index (χ1v) is 9.28. The lowest BCUT2D eigenvalue weighted by molar-refractivity contribution is -0.107. The third-order valence-electron chi connectivity index (χ3n) is 3.44. The number of rotatable bonds is 9. The van der Waals surface area contributed by atoms with Gasteiger partial charge < -0.3 is 14.3 Å². The van der Waals surface area contributed by atoms with Crippen molar-refractivity contribution in [3.05, 3.63) is 68.1 Å².